The van der Waals surface area contributed by atoms with Crippen LogP contribution in [0.3, 0.4) is 0 Å². The first-order valence-electron chi connectivity index (χ1n) is 5.99. The van der Waals surface area contributed by atoms with Crippen molar-refractivity contribution < 1.29 is 14.0 Å². The number of hydrogen-bond donors (Lipinski definition) is 1. The van der Waals surface area contributed by atoms with Gasteiger partial charge in [0.25, 0.3) is 0 Å². The molecule has 0 fully saturated rings. The topological polar surface area (TPSA) is 46.2 Å². The summed E-state index contributed by atoms with van der Waals surface area (Å²) in [5.74, 6) is -1.03. The van der Waals surface area contributed by atoms with Gasteiger partial charge in [-0.2, -0.15) is 0 Å². The van der Waals surface area contributed by atoms with E-state index in [1.54, 1.807) is 12.1 Å². The van der Waals surface area contributed by atoms with Gasteiger partial charge in [-0.05, 0) is 30.3 Å². The highest BCUT2D eigenvalue weighted by atomic mass is 35.5. The van der Waals surface area contributed by atoms with Crippen LogP contribution in [-0.4, -0.2) is 11.7 Å². The van der Waals surface area contributed by atoms with Crippen molar-refractivity contribution in [3.05, 3.63) is 50.4 Å². The first-order chi connectivity index (χ1) is 9.95. The maximum absolute atomic E-state index is 13.0. The minimum absolute atomic E-state index is 0.0311. The third kappa shape index (κ3) is 4.52. The Morgan fingerprint density at radius 1 is 1.14 bits per heavy atom. The van der Waals surface area contributed by atoms with Gasteiger partial charge >= 0.3 is 0 Å². The lowest BCUT2D eigenvalue weighted by Gasteiger charge is -2.05. The fraction of sp³-hybridized carbons (Fsp3) is 0.143. The molecule has 2 aromatic rings. The van der Waals surface area contributed by atoms with E-state index in [1.165, 1.54) is 23.5 Å². The number of carbonyl (C=O) groups is 2. The van der Waals surface area contributed by atoms with Crippen molar-refractivity contribution in [1.82, 2.24) is 0 Å². The van der Waals surface area contributed by atoms with Crippen LogP contribution in [0.5, 0.6) is 0 Å². The van der Waals surface area contributed by atoms with E-state index in [0.717, 1.165) is 6.07 Å². The number of ketones is 1. The SMILES string of the molecule is O=C(CCC(=O)c1ccc(Cl)s1)Nc1ccc(F)c(Cl)c1. The van der Waals surface area contributed by atoms with Gasteiger partial charge in [0.1, 0.15) is 5.82 Å². The smallest absolute Gasteiger partial charge is 0.224 e. The van der Waals surface area contributed by atoms with Crippen LogP contribution in [-0.2, 0) is 4.79 Å². The van der Waals surface area contributed by atoms with Crippen molar-refractivity contribution in [2.24, 2.45) is 0 Å². The summed E-state index contributed by atoms with van der Waals surface area (Å²) in [6, 6.07) is 7.15. The molecule has 0 aliphatic heterocycles. The van der Waals surface area contributed by atoms with Gasteiger partial charge in [0, 0.05) is 18.5 Å². The number of nitrogens with one attached hydrogen (secondary N) is 1. The van der Waals surface area contributed by atoms with Gasteiger partial charge in [-0.1, -0.05) is 23.2 Å². The third-order valence-electron chi connectivity index (χ3n) is 2.63. The van der Waals surface area contributed by atoms with E-state index in [1.807, 2.05) is 0 Å². The molecule has 0 atom stereocenters. The number of benzene rings is 1. The number of Topliss-reactive ketones (excluding diaryl/α,β-unsaturated/α-hetero) is 1. The lowest BCUT2D eigenvalue weighted by Crippen LogP contribution is -2.13. The number of hydrogen-bond acceptors (Lipinski definition) is 3. The number of thiophene rings is 1. The molecule has 0 radical (unpaired) electrons. The van der Waals surface area contributed by atoms with Gasteiger partial charge < -0.3 is 5.32 Å². The summed E-state index contributed by atoms with van der Waals surface area (Å²) in [5.41, 5.74) is 0.387. The van der Waals surface area contributed by atoms with Crippen molar-refractivity contribution in [2.75, 3.05) is 5.32 Å². The molecule has 0 aliphatic rings. The average Bonchev–Trinajstić information content (AvgIpc) is 2.87. The van der Waals surface area contributed by atoms with Crippen LogP contribution in [0.25, 0.3) is 0 Å². The van der Waals surface area contributed by atoms with E-state index in [-0.39, 0.29) is 29.6 Å². The molecule has 1 aromatic carbocycles. The second kappa shape index (κ2) is 7.02. The van der Waals surface area contributed by atoms with E-state index < -0.39 is 5.82 Å². The minimum Gasteiger partial charge on any atom is -0.326 e. The quantitative estimate of drug-likeness (QED) is 0.791. The Morgan fingerprint density at radius 3 is 2.52 bits per heavy atom. The maximum atomic E-state index is 13.0. The molecule has 0 saturated carbocycles. The van der Waals surface area contributed by atoms with Gasteiger partial charge in [-0.25, -0.2) is 4.39 Å². The Bertz CT molecular complexity index is 687. The van der Waals surface area contributed by atoms with Crippen LogP contribution < -0.4 is 5.32 Å². The average molecular weight is 346 g/mol. The van der Waals surface area contributed by atoms with Gasteiger partial charge in [-0.15, -0.1) is 11.3 Å². The number of carbonyl (C=O) groups excluding carboxylic acids is 2. The number of anilines is 1. The van der Waals surface area contributed by atoms with Crippen molar-refractivity contribution >= 4 is 51.9 Å². The normalized spacial score (nSPS) is 10.4. The summed E-state index contributed by atoms with van der Waals surface area (Å²) in [5, 5.41) is 2.48. The fourth-order valence-electron chi connectivity index (χ4n) is 1.61. The van der Waals surface area contributed by atoms with Crippen molar-refractivity contribution in [3.8, 4) is 0 Å². The highest BCUT2D eigenvalue weighted by Gasteiger charge is 2.12. The predicted octanol–water partition coefficient (Wildman–Crippen LogP) is 4.80. The molecule has 0 aliphatic carbocycles. The molecule has 1 heterocycles. The molecule has 7 heteroatoms. The molecule has 0 bridgehead atoms. The molecule has 1 N–H and O–H groups in total. The first-order valence-corrected chi connectivity index (χ1v) is 7.56. The highest BCUT2D eigenvalue weighted by Crippen LogP contribution is 2.23. The zero-order valence-corrected chi connectivity index (χ0v) is 13.0. The van der Waals surface area contributed by atoms with Crippen molar-refractivity contribution in [3.63, 3.8) is 0 Å². The van der Waals surface area contributed by atoms with Crippen LogP contribution in [0, 0.1) is 5.82 Å². The van der Waals surface area contributed by atoms with Gasteiger partial charge in [0.15, 0.2) is 5.78 Å². The van der Waals surface area contributed by atoms with Crippen LogP contribution in [0.1, 0.15) is 22.5 Å². The molecule has 1 amide bonds. The van der Waals surface area contributed by atoms with Crippen molar-refractivity contribution in [1.29, 1.82) is 0 Å². The molecular weight excluding hydrogens is 336 g/mol. The predicted molar refractivity (Wildman–Crippen MR) is 82.9 cm³/mol. The molecule has 1 aromatic heterocycles. The van der Waals surface area contributed by atoms with Gasteiger partial charge in [-0.3, -0.25) is 9.59 Å². The second-order valence-electron chi connectivity index (χ2n) is 4.20. The van der Waals surface area contributed by atoms with Crippen LogP contribution >= 0.6 is 34.5 Å². The fourth-order valence-corrected chi connectivity index (χ4v) is 2.80. The standard InChI is InChI=1S/C14H10Cl2FNO2S/c15-9-7-8(1-2-10(9)17)18-14(20)6-3-11(19)12-4-5-13(16)21-12/h1-2,4-5,7H,3,6H2,(H,18,20). The molecular formula is C14H10Cl2FNO2S. The van der Waals surface area contributed by atoms with Crippen LogP contribution in [0.15, 0.2) is 30.3 Å². The summed E-state index contributed by atoms with van der Waals surface area (Å²) < 4.78 is 13.5. The summed E-state index contributed by atoms with van der Waals surface area (Å²) in [4.78, 5) is 24.1. The number of rotatable bonds is 5. The highest BCUT2D eigenvalue weighted by molar-refractivity contribution is 7.18. The van der Waals surface area contributed by atoms with Crippen molar-refractivity contribution in [2.45, 2.75) is 12.8 Å². The molecule has 0 saturated heterocycles. The monoisotopic (exact) mass is 345 g/mol. The zero-order chi connectivity index (χ0) is 15.4. The van der Waals surface area contributed by atoms with Crippen LogP contribution in [0.4, 0.5) is 10.1 Å². The zero-order valence-electron chi connectivity index (χ0n) is 10.7. The molecule has 3 nitrogen and oxygen atoms in total. The second-order valence-corrected chi connectivity index (χ2v) is 6.33. The summed E-state index contributed by atoms with van der Waals surface area (Å²) >= 11 is 12.5. The largest absolute Gasteiger partial charge is 0.326 e. The van der Waals surface area contributed by atoms with Gasteiger partial charge in [0.2, 0.25) is 5.91 Å². The Kier molecular flexibility index (Phi) is 5.33. The third-order valence-corrected chi connectivity index (χ3v) is 4.19. The van der Waals surface area contributed by atoms with E-state index in [2.05, 4.69) is 5.32 Å². The molecule has 21 heavy (non-hydrogen) atoms. The Balaban J connectivity index is 1.87. The van der Waals surface area contributed by atoms with Crippen LogP contribution in [0.2, 0.25) is 9.36 Å². The van der Waals surface area contributed by atoms with E-state index in [9.17, 15) is 14.0 Å². The lowest BCUT2D eigenvalue weighted by atomic mass is 10.2. The maximum Gasteiger partial charge on any atom is 0.224 e. The summed E-state index contributed by atoms with van der Waals surface area (Å²) in [6.45, 7) is 0. The summed E-state index contributed by atoms with van der Waals surface area (Å²) in [6.07, 6.45) is 0.112. The molecule has 2 rings (SSSR count). The number of halogens is 3. The van der Waals surface area contributed by atoms with E-state index in [0.29, 0.717) is 14.9 Å². The lowest BCUT2D eigenvalue weighted by molar-refractivity contribution is -0.116. The molecule has 0 unspecified atom stereocenters. The van der Waals surface area contributed by atoms with E-state index in [4.69, 9.17) is 23.2 Å². The molecule has 0 spiro atoms. The Morgan fingerprint density at radius 2 is 1.90 bits per heavy atom. The summed E-state index contributed by atoms with van der Waals surface area (Å²) in [7, 11) is 0. The Hall–Kier alpha value is -1.43. The Labute approximate surface area is 134 Å². The first kappa shape index (κ1) is 15.9. The number of amides is 1. The molecule has 110 valence electrons. The minimum atomic E-state index is -0.556. The van der Waals surface area contributed by atoms with Gasteiger partial charge in [0.05, 0.1) is 14.2 Å². The van der Waals surface area contributed by atoms with E-state index >= 15 is 0 Å².